The molecule has 4 heterocycles. The molecule has 0 saturated heterocycles. The van der Waals surface area contributed by atoms with E-state index in [4.69, 9.17) is 4.42 Å². The lowest BCUT2D eigenvalue weighted by Gasteiger charge is -2.19. The Morgan fingerprint density at radius 3 is 2.91 bits per heavy atom. The van der Waals surface area contributed by atoms with Crippen molar-refractivity contribution in [2.45, 2.75) is 31.5 Å². The summed E-state index contributed by atoms with van der Waals surface area (Å²) in [6, 6.07) is 13.5. The number of hydrazone groups is 1. The van der Waals surface area contributed by atoms with Gasteiger partial charge in [-0.05, 0) is 59.5 Å². The largest absolute Gasteiger partial charge is 0.467 e. The van der Waals surface area contributed by atoms with Crippen molar-refractivity contribution in [3.63, 3.8) is 0 Å². The first-order valence-corrected chi connectivity index (χ1v) is 11.9. The van der Waals surface area contributed by atoms with E-state index >= 15 is 0 Å². The van der Waals surface area contributed by atoms with Crippen LogP contribution < -0.4 is 0 Å². The molecule has 8 nitrogen and oxygen atoms in total. The number of thiophene rings is 1. The molecule has 0 spiro atoms. The maximum absolute atomic E-state index is 13.2. The zero-order valence-electron chi connectivity index (χ0n) is 17.5. The molecular weight excluding hydrogens is 444 g/mol. The molecule has 0 N–H and O–H groups in total. The lowest BCUT2D eigenvalue weighted by molar-refractivity contribution is -0.130. The second-order valence-corrected chi connectivity index (χ2v) is 9.34. The van der Waals surface area contributed by atoms with Crippen LogP contribution >= 0.6 is 23.1 Å². The minimum absolute atomic E-state index is 0.127. The molecule has 1 amide bonds. The summed E-state index contributed by atoms with van der Waals surface area (Å²) >= 11 is 2.90. The second kappa shape index (κ2) is 8.71. The lowest BCUT2D eigenvalue weighted by atomic mass is 10.1. The monoisotopic (exact) mass is 464 g/mol. The molecular formula is C22H20N6O2S2. The first-order valence-electron chi connectivity index (χ1n) is 10.1. The highest BCUT2D eigenvalue weighted by atomic mass is 32.2. The van der Waals surface area contributed by atoms with Crippen LogP contribution in [0.25, 0.3) is 5.69 Å². The molecule has 1 aliphatic heterocycles. The summed E-state index contributed by atoms with van der Waals surface area (Å²) in [6.07, 6.45) is 2.23. The number of amides is 1. The predicted octanol–water partition coefficient (Wildman–Crippen LogP) is 4.40. The molecule has 1 unspecified atom stereocenters. The van der Waals surface area contributed by atoms with Gasteiger partial charge in [0.05, 0.1) is 28.3 Å². The van der Waals surface area contributed by atoms with Crippen molar-refractivity contribution in [2.75, 3.05) is 5.75 Å². The van der Waals surface area contributed by atoms with E-state index < -0.39 is 0 Å². The number of tetrazole rings is 1. The normalized spacial score (nSPS) is 15.9. The Hall–Kier alpha value is -3.24. The number of rotatable bonds is 6. The summed E-state index contributed by atoms with van der Waals surface area (Å²) in [7, 11) is 0. The number of thioether (sulfide) groups is 1. The van der Waals surface area contributed by atoms with Gasteiger partial charge in [-0.1, -0.05) is 35.5 Å². The van der Waals surface area contributed by atoms with Crippen LogP contribution in [0.4, 0.5) is 0 Å². The smallest absolute Gasteiger partial charge is 0.253 e. The third-order valence-electron chi connectivity index (χ3n) is 5.19. The van der Waals surface area contributed by atoms with Gasteiger partial charge in [-0.3, -0.25) is 4.79 Å². The molecule has 3 aromatic heterocycles. The molecule has 32 heavy (non-hydrogen) atoms. The number of hydrogen-bond donors (Lipinski definition) is 0. The van der Waals surface area contributed by atoms with Gasteiger partial charge in [-0.15, -0.1) is 16.4 Å². The van der Waals surface area contributed by atoms with Crippen LogP contribution in [0.2, 0.25) is 0 Å². The molecule has 4 aromatic rings. The van der Waals surface area contributed by atoms with Crippen molar-refractivity contribution in [3.05, 3.63) is 75.9 Å². The Bertz CT molecular complexity index is 1260. The van der Waals surface area contributed by atoms with Crippen molar-refractivity contribution < 1.29 is 9.21 Å². The topological polar surface area (TPSA) is 89.4 Å². The third-order valence-corrected chi connectivity index (χ3v) is 7.01. The highest BCUT2D eigenvalue weighted by molar-refractivity contribution is 7.99. The van der Waals surface area contributed by atoms with Gasteiger partial charge in [0.25, 0.3) is 5.91 Å². The minimum atomic E-state index is -0.259. The maximum Gasteiger partial charge on any atom is 0.253 e. The van der Waals surface area contributed by atoms with E-state index in [0.29, 0.717) is 11.6 Å². The molecule has 5 rings (SSSR count). The van der Waals surface area contributed by atoms with E-state index in [9.17, 15) is 4.79 Å². The summed E-state index contributed by atoms with van der Waals surface area (Å²) < 4.78 is 7.27. The van der Waals surface area contributed by atoms with E-state index in [2.05, 4.69) is 26.7 Å². The third kappa shape index (κ3) is 3.98. The fourth-order valence-corrected chi connectivity index (χ4v) is 5.15. The van der Waals surface area contributed by atoms with E-state index in [1.54, 1.807) is 22.3 Å². The molecule has 0 fully saturated rings. The van der Waals surface area contributed by atoms with Crippen molar-refractivity contribution in [1.82, 2.24) is 25.2 Å². The molecule has 1 aliphatic rings. The Morgan fingerprint density at radius 2 is 2.16 bits per heavy atom. The number of aromatic nitrogens is 4. The van der Waals surface area contributed by atoms with Gasteiger partial charge in [0.15, 0.2) is 0 Å². The molecule has 162 valence electrons. The van der Waals surface area contributed by atoms with E-state index in [1.807, 2.05) is 55.6 Å². The summed E-state index contributed by atoms with van der Waals surface area (Å²) in [4.78, 5) is 14.3. The number of nitrogens with zero attached hydrogens (tertiary/aromatic N) is 6. The molecule has 10 heteroatoms. The van der Waals surface area contributed by atoms with E-state index in [-0.39, 0.29) is 17.7 Å². The van der Waals surface area contributed by atoms with Gasteiger partial charge in [0.1, 0.15) is 11.8 Å². The van der Waals surface area contributed by atoms with Crippen LogP contribution in [0.15, 0.2) is 68.8 Å². The molecule has 0 saturated carbocycles. The number of hydrogen-bond acceptors (Lipinski definition) is 8. The van der Waals surface area contributed by atoms with E-state index in [1.165, 1.54) is 22.3 Å². The number of benzene rings is 1. The number of furan rings is 1. The Kier molecular flexibility index (Phi) is 5.62. The van der Waals surface area contributed by atoms with Gasteiger partial charge in [0, 0.05) is 6.42 Å². The van der Waals surface area contributed by atoms with Gasteiger partial charge in [-0.25, -0.2) is 5.01 Å². The molecule has 0 radical (unpaired) electrons. The molecule has 1 aromatic carbocycles. The fraction of sp³-hybridized carbons (Fsp3) is 0.227. The lowest BCUT2D eigenvalue weighted by Crippen LogP contribution is -2.28. The van der Waals surface area contributed by atoms with Crippen molar-refractivity contribution in [1.29, 1.82) is 0 Å². The standard InChI is InChI=1S/C22H20N6O2S2/c1-14-7-8-17(15(2)11-14)28-22(23-25-26-28)32-13-21(29)27-18(19-5-3-9-30-19)12-16(24-27)20-6-4-10-31-20/h3-11,18H,12-13H2,1-2H3. The van der Waals surface area contributed by atoms with E-state index in [0.717, 1.165) is 27.6 Å². The summed E-state index contributed by atoms with van der Waals surface area (Å²) in [5.74, 6) is 0.751. The molecule has 0 bridgehead atoms. The van der Waals surface area contributed by atoms with Gasteiger partial charge in [-0.2, -0.15) is 9.78 Å². The zero-order valence-corrected chi connectivity index (χ0v) is 19.1. The first kappa shape index (κ1) is 20.7. The van der Waals surface area contributed by atoms with Gasteiger partial charge >= 0.3 is 0 Å². The predicted molar refractivity (Wildman–Crippen MR) is 123 cm³/mol. The van der Waals surface area contributed by atoms with Crippen LogP contribution in [0.1, 0.15) is 34.2 Å². The minimum Gasteiger partial charge on any atom is -0.467 e. The first-order chi connectivity index (χ1) is 15.6. The second-order valence-electron chi connectivity index (χ2n) is 7.45. The highest BCUT2D eigenvalue weighted by Crippen LogP contribution is 2.35. The Morgan fingerprint density at radius 1 is 1.25 bits per heavy atom. The van der Waals surface area contributed by atoms with Gasteiger partial charge in [0.2, 0.25) is 5.16 Å². The number of carbonyl (C=O) groups excluding carboxylic acids is 1. The molecule has 1 atom stereocenters. The van der Waals surface area contributed by atoms with Crippen molar-refractivity contribution in [3.8, 4) is 5.69 Å². The summed E-state index contributed by atoms with van der Waals surface area (Å²) in [6.45, 7) is 4.06. The van der Waals surface area contributed by atoms with Crippen LogP contribution in [0.5, 0.6) is 0 Å². The quantitative estimate of drug-likeness (QED) is 0.393. The Balaban J connectivity index is 1.36. The van der Waals surface area contributed by atoms with Crippen LogP contribution in [-0.2, 0) is 4.79 Å². The van der Waals surface area contributed by atoms with Crippen LogP contribution in [0, 0.1) is 13.8 Å². The van der Waals surface area contributed by atoms with Gasteiger partial charge < -0.3 is 4.42 Å². The average Bonchev–Trinajstić information content (AvgIpc) is 3.58. The Labute approximate surface area is 192 Å². The van der Waals surface area contributed by atoms with Crippen molar-refractivity contribution >= 4 is 34.7 Å². The SMILES string of the molecule is Cc1ccc(-n2nnnc2SCC(=O)N2N=C(c3cccs3)CC2c2ccco2)c(C)c1. The fourth-order valence-electron chi connectivity index (χ4n) is 3.69. The number of aryl methyl sites for hydroxylation is 2. The van der Waals surface area contributed by atoms with Crippen LogP contribution in [0.3, 0.4) is 0 Å². The summed E-state index contributed by atoms with van der Waals surface area (Å²) in [5.41, 5.74) is 4.01. The molecule has 0 aliphatic carbocycles. The van der Waals surface area contributed by atoms with Crippen LogP contribution in [-0.4, -0.2) is 42.6 Å². The average molecular weight is 465 g/mol. The highest BCUT2D eigenvalue weighted by Gasteiger charge is 2.35. The zero-order chi connectivity index (χ0) is 22.1. The number of carbonyl (C=O) groups is 1. The summed E-state index contributed by atoms with van der Waals surface area (Å²) in [5, 5.41) is 20.8. The maximum atomic E-state index is 13.2. The van der Waals surface area contributed by atoms with Crippen molar-refractivity contribution in [2.24, 2.45) is 5.10 Å².